The number of carbonyl (C=O) groups is 2. The van der Waals surface area contributed by atoms with Crippen molar-refractivity contribution in [2.75, 3.05) is 16.8 Å². The second-order valence-electron chi connectivity index (χ2n) is 10.2. The summed E-state index contributed by atoms with van der Waals surface area (Å²) < 4.78 is 5.60. The summed E-state index contributed by atoms with van der Waals surface area (Å²) in [4.78, 5) is 28.0. The van der Waals surface area contributed by atoms with Gasteiger partial charge < -0.3 is 10.5 Å². The second kappa shape index (κ2) is 18.3. The number of rotatable bonds is 16. The molecule has 8 heteroatoms. The van der Waals surface area contributed by atoms with E-state index < -0.39 is 6.09 Å². The number of thiocarbonyl (C=S) groups is 1. The van der Waals surface area contributed by atoms with Crippen LogP contribution >= 0.6 is 12.2 Å². The number of hydrogen-bond donors (Lipinski definition) is 3. The van der Waals surface area contributed by atoms with Crippen LogP contribution in [0.5, 0.6) is 5.75 Å². The van der Waals surface area contributed by atoms with Crippen LogP contribution in [0.1, 0.15) is 102 Å². The zero-order valence-corrected chi connectivity index (χ0v) is 25.6. The van der Waals surface area contributed by atoms with Crippen LogP contribution in [-0.2, 0) is 12.8 Å². The summed E-state index contributed by atoms with van der Waals surface area (Å²) in [5.41, 5.74) is 10.2. The minimum atomic E-state index is -0.553. The molecule has 2 aromatic rings. The molecule has 0 spiro atoms. The molecule has 3 amide bonds. The number of aryl methyl sites for hydroxylation is 1. The fraction of sp³-hybridized carbons (Fsp3) is 0.531. The molecular weight excluding hydrogens is 520 g/mol. The van der Waals surface area contributed by atoms with Crippen molar-refractivity contribution in [1.82, 2.24) is 5.32 Å². The van der Waals surface area contributed by atoms with Gasteiger partial charge in [0.15, 0.2) is 5.11 Å². The summed E-state index contributed by atoms with van der Waals surface area (Å²) in [6.07, 6.45) is 12.3. The molecule has 0 heterocycles. The van der Waals surface area contributed by atoms with Gasteiger partial charge >= 0.3 is 12.1 Å². The Morgan fingerprint density at radius 2 is 1.50 bits per heavy atom. The number of hydrogen-bond acceptors (Lipinski definition) is 4. The number of ether oxygens (including phenoxy) is 1. The monoisotopic (exact) mass is 568 g/mol. The average Bonchev–Trinajstić information content (AvgIpc) is 2.92. The van der Waals surface area contributed by atoms with E-state index in [1.807, 2.05) is 25.1 Å². The molecule has 0 radical (unpaired) electrons. The Morgan fingerprint density at radius 3 is 2.08 bits per heavy atom. The van der Waals surface area contributed by atoms with Crippen molar-refractivity contribution in [1.29, 1.82) is 0 Å². The molecule has 2 aromatic carbocycles. The highest BCUT2D eigenvalue weighted by Crippen LogP contribution is 2.36. The van der Waals surface area contributed by atoms with Crippen molar-refractivity contribution < 1.29 is 14.3 Å². The van der Waals surface area contributed by atoms with Gasteiger partial charge in [-0.1, -0.05) is 83.4 Å². The normalized spacial score (nSPS) is 10.7. The summed E-state index contributed by atoms with van der Waals surface area (Å²) in [7, 11) is 0. The summed E-state index contributed by atoms with van der Waals surface area (Å²) in [5.74, 6) is 0.470. The molecule has 0 saturated carbocycles. The lowest BCUT2D eigenvalue weighted by atomic mass is 9.92. The van der Waals surface area contributed by atoms with Crippen LogP contribution in [0.3, 0.4) is 0 Å². The summed E-state index contributed by atoms with van der Waals surface area (Å²) in [6.45, 7) is 8.80. The number of anilines is 2. The number of nitrogens with one attached hydrogen (secondary N) is 2. The van der Waals surface area contributed by atoms with E-state index in [0.717, 1.165) is 73.0 Å². The van der Waals surface area contributed by atoms with Crippen LogP contribution in [0.2, 0.25) is 0 Å². The third-order valence-corrected chi connectivity index (χ3v) is 7.22. The molecule has 0 unspecified atom stereocenters. The average molecular weight is 569 g/mol. The predicted molar refractivity (Wildman–Crippen MR) is 171 cm³/mol. The Hall–Kier alpha value is -3.13. The van der Waals surface area contributed by atoms with Gasteiger partial charge in [-0.2, -0.15) is 0 Å². The lowest BCUT2D eigenvalue weighted by molar-refractivity contribution is 0.215. The van der Waals surface area contributed by atoms with E-state index in [1.54, 1.807) is 17.0 Å². The van der Waals surface area contributed by atoms with Crippen LogP contribution in [0.25, 0.3) is 0 Å². The molecule has 220 valence electrons. The molecule has 4 N–H and O–H groups in total. The van der Waals surface area contributed by atoms with Crippen molar-refractivity contribution in [2.45, 2.75) is 105 Å². The van der Waals surface area contributed by atoms with Crippen molar-refractivity contribution in [3.05, 3.63) is 53.1 Å². The summed E-state index contributed by atoms with van der Waals surface area (Å²) >= 11 is 4.96. The van der Waals surface area contributed by atoms with Gasteiger partial charge in [-0.15, -0.1) is 0 Å². The first-order chi connectivity index (χ1) is 19.3. The Balaban J connectivity index is 2.53. The molecule has 0 bridgehead atoms. The van der Waals surface area contributed by atoms with E-state index in [9.17, 15) is 9.59 Å². The van der Waals surface area contributed by atoms with Crippen LogP contribution < -0.4 is 26.0 Å². The highest BCUT2D eigenvalue weighted by Gasteiger charge is 2.24. The fourth-order valence-electron chi connectivity index (χ4n) is 4.94. The van der Waals surface area contributed by atoms with Gasteiger partial charge in [0, 0.05) is 6.54 Å². The molecule has 0 saturated heterocycles. The third-order valence-electron chi connectivity index (χ3n) is 7.12. The maximum atomic E-state index is 13.2. The number of carbonyl (C=O) groups excluding carboxylic acids is 2. The molecule has 0 fully saturated rings. The lowest BCUT2D eigenvalue weighted by Gasteiger charge is -2.28. The van der Waals surface area contributed by atoms with Crippen LogP contribution in [0.4, 0.5) is 21.0 Å². The molecule has 0 aliphatic carbocycles. The number of para-hydroxylation sites is 1. The number of amides is 3. The van der Waals surface area contributed by atoms with E-state index in [0.29, 0.717) is 18.7 Å². The number of urea groups is 1. The predicted octanol–water partition coefficient (Wildman–Crippen LogP) is 8.41. The number of nitrogens with zero attached hydrogens (tertiary/aromatic N) is 1. The van der Waals surface area contributed by atoms with E-state index in [1.165, 1.54) is 25.7 Å². The van der Waals surface area contributed by atoms with Gasteiger partial charge in [0.1, 0.15) is 5.75 Å². The molecule has 2 rings (SSSR count). The Labute approximate surface area is 246 Å². The standard InChI is InChI=1S/C32H48N4O3S/c1-5-8-10-12-15-19-25-23-28(36(7-3)31(37)35-30(33)40)27(22-18-13-11-9-6-2)29(24(25)4)34-32(38)39-26-20-16-14-17-21-26/h14,16-17,20-21,23H,5-13,15,18-19,22H2,1-4H3,(H,34,38)(H3,33,35,37,40). The molecule has 0 aromatic heterocycles. The third kappa shape index (κ3) is 10.8. The SMILES string of the molecule is CCCCCCCc1cc(N(CC)C(=O)NC(N)=S)c(CCCCCCC)c(NC(=O)Oc2ccccc2)c1C. The Kier molecular flexibility index (Phi) is 15.1. The summed E-state index contributed by atoms with van der Waals surface area (Å²) in [5, 5.41) is 5.57. The maximum absolute atomic E-state index is 13.2. The molecule has 40 heavy (non-hydrogen) atoms. The zero-order chi connectivity index (χ0) is 29.3. The van der Waals surface area contributed by atoms with E-state index in [2.05, 4.69) is 37.5 Å². The quantitative estimate of drug-likeness (QED) is 0.139. The van der Waals surface area contributed by atoms with Gasteiger partial charge in [-0.25, -0.2) is 9.59 Å². The number of benzene rings is 2. The smallest absolute Gasteiger partial charge is 0.410 e. The van der Waals surface area contributed by atoms with Gasteiger partial charge in [0.2, 0.25) is 0 Å². The molecule has 0 atom stereocenters. The largest absolute Gasteiger partial charge is 0.417 e. The Bertz CT molecular complexity index is 1090. The fourth-order valence-corrected chi connectivity index (χ4v) is 5.03. The number of nitrogens with two attached hydrogens (primary N) is 1. The molecular formula is C32H48N4O3S. The number of unbranched alkanes of at least 4 members (excludes halogenated alkanes) is 8. The molecule has 7 nitrogen and oxygen atoms in total. The minimum absolute atomic E-state index is 0.0717. The maximum Gasteiger partial charge on any atom is 0.417 e. The van der Waals surface area contributed by atoms with E-state index in [-0.39, 0.29) is 11.1 Å². The van der Waals surface area contributed by atoms with Crippen LogP contribution in [0.15, 0.2) is 36.4 Å². The van der Waals surface area contributed by atoms with Crippen molar-refractivity contribution >= 4 is 40.8 Å². The molecule has 0 aliphatic heterocycles. The molecule has 0 aliphatic rings. The first kappa shape index (κ1) is 33.1. The first-order valence-corrected chi connectivity index (χ1v) is 15.3. The minimum Gasteiger partial charge on any atom is -0.410 e. The topological polar surface area (TPSA) is 96.7 Å². The van der Waals surface area contributed by atoms with E-state index in [4.69, 9.17) is 22.7 Å². The van der Waals surface area contributed by atoms with Gasteiger partial charge in [0.25, 0.3) is 0 Å². The van der Waals surface area contributed by atoms with Gasteiger partial charge in [-0.05, 0) is 86.6 Å². The van der Waals surface area contributed by atoms with Gasteiger partial charge in [-0.3, -0.25) is 15.5 Å². The van der Waals surface area contributed by atoms with Gasteiger partial charge in [0.05, 0.1) is 11.4 Å². The van der Waals surface area contributed by atoms with E-state index >= 15 is 0 Å². The van der Waals surface area contributed by atoms with Crippen LogP contribution in [-0.4, -0.2) is 23.8 Å². The second-order valence-corrected chi connectivity index (χ2v) is 10.7. The van der Waals surface area contributed by atoms with Crippen molar-refractivity contribution in [3.63, 3.8) is 0 Å². The highest BCUT2D eigenvalue weighted by atomic mass is 32.1. The zero-order valence-electron chi connectivity index (χ0n) is 24.8. The lowest BCUT2D eigenvalue weighted by Crippen LogP contribution is -2.45. The Morgan fingerprint density at radius 1 is 0.900 bits per heavy atom. The first-order valence-electron chi connectivity index (χ1n) is 14.9. The van der Waals surface area contributed by atoms with Crippen LogP contribution in [0, 0.1) is 6.92 Å². The van der Waals surface area contributed by atoms with Crippen molar-refractivity contribution in [3.8, 4) is 5.75 Å². The summed E-state index contributed by atoms with van der Waals surface area (Å²) in [6, 6.07) is 10.8. The van der Waals surface area contributed by atoms with Crippen molar-refractivity contribution in [2.24, 2.45) is 5.73 Å². The highest BCUT2D eigenvalue weighted by molar-refractivity contribution is 7.80.